The first kappa shape index (κ1) is 10.6. The van der Waals surface area contributed by atoms with Gasteiger partial charge in [-0.15, -0.1) is 0 Å². The Labute approximate surface area is 85.9 Å². The fourth-order valence-electron chi connectivity index (χ4n) is 1.34. The highest BCUT2D eigenvalue weighted by Crippen LogP contribution is 2.20. The van der Waals surface area contributed by atoms with Crippen molar-refractivity contribution in [1.29, 1.82) is 0 Å². The number of benzene rings is 1. The van der Waals surface area contributed by atoms with E-state index in [1.54, 1.807) is 0 Å². The predicted molar refractivity (Wildman–Crippen MR) is 59.3 cm³/mol. The van der Waals surface area contributed by atoms with E-state index in [2.05, 4.69) is 32.9 Å². The van der Waals surface area contributed by atoms with Crippen molar-refractivity contribution >= 4 is 11.6 Å². The molecule has 0 saturated heterocycles. The Kier molecular flexibility index (Phi) is 3.80. The van der Waals surface area contributed by atoms with E-state index in [9.17, 15) is 0 Å². The van der Waals surface area contributed by atoms with Gasteiger partial charge in [-0.3, -0.25) is 0 Å². The number of aryl methyl sites for hydroxylation is 2. The van der Waals surface area contributed by atoms with Crippen LogP contribution in [0.5, 0.6) is 0 Å². The van der Waals surface area contributed by atoms with Gasteiger partial charge in [-0.2, -0.15) is 0 Å². The molecule has 0 radical (unpaired) electrons. The van der Waals surface area contributed by atoms with Gasteiger partial charge in [0.25, 0.3) is 0 Å². The Morgan fingerprint density at radius 2 is 2.00 bits per heavy atom. The fourth-order valence-corrected chi connectivity index (χ4v) is 1.55. The Morgan fingerprint density at radius 1 is 1.31 bits per heavy atom. The summed E-state index contributed by atoms with van der Waals surface area (Å²) in [6.45, 7) is 6.59. The summed E-state index contributed by atoms with van der Waals surface area (Å²) in [5.74, 6) is 0.747. The lowest BCUT2D eigenvalue weighted by Crippen LogP contribution is -1.93. The molecule has 0 aromatic heterocycles. The van der Waals surface area contributed by atoms with E-state index >= 15 is 0 Å². The monoisotopic (exact) mass is 196 g/mol. The Balaban J connectivity index is 2.70. The summed E-state index contributed by atoms with van der Waals surface area (Å²) in [7, 11) is 0. The third-order valence-electron chi connectivity index (χ3n) is 2.19. The number of hydrogen-bond acceptors (Lipinski definition) is 0. The van der Waals surface area contributed by atoms with E-state index in [4.69, 9.17) is 11.6 Å². The Bertz CT molecular complexity index is 276. The van der Waals surface area contributed by atoms with Crippen LogP contribution in [-0.2, 0) is 6.42 Å². The standard InChI is InChI=1S/C12H17Cl/c1-9(2)4-6-11-8-10(3)5-7-12(11)13/h5,7-9H,4,6H2,1-3H3. The second kappa shape index (κ2) is 4.66. The minimum Gasteiger partial charge on any atom is -0.0840 e. The summed E-state index contributed by atoms with van der Waals surface area (Å²) in [4.78, 5) is 0. The van der Waals surface area contributed by atoms with Crippen molar-refractivity contribution in [2.24, 2.45) is 5.92 Å². The number of hydrogen-bond donors (Lipinski definition) is 0. The maximum absolute atomic E-state index is 6.08. The molecular weight excluding hydrogens is 180 g/mol. The van der Waals surface area contributed by atoms with Gasteiger partial charge in [0.1, 0.15) is 0 Å². The molecule has 0 atom stereocenters. The van der Waals surface area contributed by atoms with Crippen molar-refractivity contribution < 1.29 is 0 Å². The molecule has 0 aliphatic rings. The molecule has 1 aromatic carbocycles. The van der Waals surface area contributed by atoms with Crippen molar-refractivity contribution in [2.45, 2.75) is 33.6 Å². The van der Waals surface area contributed by atoms with E-state index in [-0.39, 0.29) is 0 Å². The van der Waals surface area contributed by atoms with Crippen LogP contribution in [0.25, 0.3) is 0 Å². The molecule has 0 aliphatic carbocycles. The van der Waals surface area contributed by atoms with Crippen LogP contribution in [0, 0.1) is 12.8 Å². The van der Waals surface area contributed by atoms with Crippen LogP contribution in [0.3, 0.4) is 0 Å². The lowest BCUT2D eigenvalue weighted by atomic mass is 10.0. The molecule has 72 valence electrons. The lowest BCUT2D eigenvalue weighted by Gasteiger charge is -2.07. The maximum Gasteiger partial charge on any atom is 0.0438 e. The molecule has 0 amide bonds. The van der Waals surface area contributed by atoms with Crippen LogP contribution in [0.4, 0.5) is 0 Å². The molecule has 13 heavy (non-hydrogen) atoms. The summed E-state index contributed by atoms with van der Waals surface area (Å²) in [5, 5.41) is 0.909. The zero-order valence-electron chi connectivity index (χ0n) is 8.60. The van der Waals surface area contributed by atoms with Gasteiger partial charge in [-0.1, -0.05) is 43.1 Å². The van der Waals surface area contributed by atoms with Crippen LogP contribution < -0.4 is 0 Å². The molecule has 0 nitrogen and oxygen atoms in total. The second-order valence-corrected chi connectivity index (χ2v) is 4.43. The summed E-state index contributed by atoms with van der Waals surface area (Å²) in [6, 6.07) is 6.23. The van der Waals surface area contributed by atoms with Crippen LogP contribution in [0.15, 0.2) is 18.2 Å². The van der Waals surface area contributed by atoms with Crippen LogP contribution >= 0.6 is 11.6 Å². The average Bonchev–Trinajstić information content (AvgIpc) is 2.06. The summed E-state index contributed by atoms with van der Waals surface area (Å²) < 4.78 is 0. The van der Waals surface area contributed by atoms with Crippen molar-refractivity contribution in [3.8, 4) is 0 Å². The van der Waals surface area contributed by atoms with Gasteiger partial charge in [-0.05, 0) is 37.3 Å². The SMILES string of the molecule is Cc1ccc(Cl)c(CCC(C)C)c1. The Morgan fingerprint density at radius 3 is 2.62 bits per heavy atom. The van der Waals surface area contributed by atoms with Crippen molar-refractivity contribution in [1.82, 2.24) is 0 Å². The molecule has 0 fully saturated rings. The Hall–Kier alpha value is -0.490. The van der Waals surface area contributed by atoms with Gasteiger partial charge in [0.2, 0.25) is 0 Å². The molecule has 0 bridgehead atoms. The first-order chi connectivity index (χ1) is 6.09. The van der Waals surface area contributed by atoms with E-state index in [1.165, 1.54) is 17.5 Å². The highest BCUT2D eigenvalue weighted by atomic mass is 35.5. The molecule has 1 rings (SSSR count). The largest absolute Gasteiger partial charge is 0.0840 e. The predicted octanol–water partition coefficient (Wildman–Crippen LogP) is 4.24. The quantitative estimate of drug-likeness (QED) is 0.679. The molecule has 1 heteroatoms. The van der Waals surface area contributed by atoms with E-state index in [0.717, 1.165) is 17.4 Å². The molecular formula is C12H17Cl. The van der Waals surface area contributed by atoms with Gasteiger partial charge in [0, 0.05) is 5.02 Å². The zero-order valence-corrected chi connectivity index (χ0v) is 9.36. The molecule has 0 saturated carbocycles. The molecule has 0 N–H and O–H groups in total. The normalized spacial score (nSPS) is 10.8. The highest BCUT2D eigenvalue weighted by Gasteiger charge is 2.01. The van der Waals surface area contributed by atoms with Crippen molar-refractivity contribution in [2.75, 3.05) is 0 Å². The summed E-state index contributed by atoms with van der Waals surface area (Å²) in [5.41, 5.74) is 2.58. The third kappa shape index (κ3) is 3.40. The van der Waals surface area contributed by atoms with E-state index in [0.29, 0.717) is 0 Å². The molecule has 0 spiro atoms. The third-order valence-corrected chi connectivity index (χ3v) is 2.56. The molecule has 0 unspecified atom stereocenters. The van der Waals surface area contributed by atoms with E-state index in [1.807, 2.05) is 6.07 Å². The zero-order chi connectivity index (χ0) is 9.84. The van der Waals surface area contributed by atoms with Crippen LogP contribution in [-0.4, -0.2) is 0 Å². The molecule has 1 aromatic rings. The lowest BCUT2D eigenvalue weighted by molar-refractivity contribution is 0.586. The number of rotatable bonds is 3. The van der Waals surface area contributed by atoms with Gasteiger partial charge >= 0.3 is 0 Å². The average molecular weight is 197 g/mol. The van der Waals surface area contributed by atoms with Gasteiger partial charge < -0.3 is 0 Å². The van der Waals surface area contributed by atoms with Crippen molar-refractivity contribution in [3.05, 3.63) is 34.3 Å². The summed E-state index contributed by atoms with van der Waals surface area (Å²) >= 11 is 6.08. The molecule has 0 heterocycles. The minimum absolute atomic E-state index is 0.747. The van der Waals surface area contributed by atoms with Crippen LogP contribution in [0.2, 0.25) is 5.02 Å². The summed E-state index contributed by atoms with van der Waals surface area (Å²) in [6.07, 6.45) is 2.31. The fraction of sp³-hybridized carbons (Fsp3) is 0.500. The van der Waals surface area contributed by atoms with Crippen molar-refractivity contribution in [3.63, 3.8) is 0 Å². The highest BCUT2D eigenvalue weighted by molar-refractivity contribution is 6.31. The smallest absolute Gasteiger partial charge is 0.0438 e. The maximum atomic E-state index is 6.08. The topological polar surface area (TPSA) is 0 Å². The van der Waals surface area contributed by atoms with Crippen LogP contribution in [0.1, 0.15) is 31.4 Å². The first-order valence-corrected chi connectivity index (χ1v) is 5.22. The van der Waals surface area contributed by atoms with Gasteiger partial charge in [0.05, 0.1) is 0 Å². The second-order valence-electron chi connectivity index (χ2n) is 4.03. The first-order valence-electron chi connectivity index (χ1n) is 4.84. The molecule has 0 aliphatic heterocycles. The van der Waals surface area contributed by atoms with E-state index < -0.39 is 0 Å². The number of halogens is 1. The van der Waals surface area contributed by atoms with Gasteiger partial charge in [0.15, 0.2) is 0 Å². The minimum atomic E-state index is 0.747. The van der Waals surface area contributed by atoms with Gasteiger partial charge in [-0.25, -0.2) is 0 Å².